The molecule has 0 atom stereocenters. The van der Waals surface area contributed by atoms with Crippen LogP contribution in [0.15, 0.2) is 12.1 Å². The maximum absolute atomic E-state index is 10.9. The van der Waals surface area contributed by atoms with Gasteiger partial charge in [0.1, 0.15) is 5.75 Å². The lowest BCUT2D eigenvalue weighted by molar-refractivity contribution is 0.0697. The number of aromatic carboxylic acids is 1. The van der Waals surface area contributed by atoms with Crippen molar-refractivity contribution in [2.75, 3.05) is 0 Å². The molecule has 0 bridgehead atoms. The third kappa shape index (κ3) is 3.65. The van der Waals surface area contributed by atoms with Crippen LogP contribution in [0.5, 0.6) is 5.75 Å². The van der Waals surface area contributed by atoms with Crippen LogP contribution in [0.3, 0.4) is 0 Å². The Kier molecular flexibility index (Phi) is 5.71. The minimum Gasteiger partial charge on any atom is -0.542 e. The first kappa shape index (κ1) is 16.3. The van der Waals surface area contributed by atoms with Crippen molar-refractivity contribution in [3.8, 4) is 5.75 Å². The van der Waals surface area contributed by atoms with Gasteiger partial charge in [-0.2, -0.15) is 0 Å². The van der Waals surface area contributed by atoms with E-state index in [-0.39, 0.29) is 15.6 Å². The highest BCUT2D eigenvalue weighted by atomic mass is 35.5. The summed E-state index contributed by atoms with van der Waals surface area (Å²) in [6, 6.07) is 5.66. The van der Waals surface area contributed by atoms with Crippen molar-refractivity contribution >= 4 is 37.5 Å². The van der Waals surface area contributed by atoms with Crippen molar-refractivity contribution in [2.45, 2.75) is 38.9 Å². The van der Waals surface area contributed by atoms with Crippen LogP contribution in [-0.4, -0.2) is 19.4 Å². The number of carboxylic acid groups (broad SMARTS) is 1. The van der Waals surface area contributed by atoms with E-state index in [1.54, 1.807) is 0 Å². The summed E-state index contributed by atoms with van der Waals surface area (Å²) in [6.45, 7) is 6.31. The van der Waals surface area contributed by atoms with Crippen molar-refractivity contribution in [2.24, 2.45) is 0 Å². The number of benzene rings is 1. The zero-order valence-electron chi connectivity index (χ0n) is 11.3. The fourth-order valence-corrected chi connectivity index (χ4v) is 5.24. The maximum Gasteiger partial charge on any atom is 0.335 e. The molecular weight excluding hydrogens is 303 g/mol. The number of carboxylic acids is 1. The van der Waals surface area contributed by atoms with Gasteiger partial charge < -0.3 is 9.53 Å². The predicted octanol–water partition coefficient (Wildman–Crippen LogP) is 5.08. The van der Waals surface area contributed by atoms with Crippen molar-refractivity contribution in [3.05, 3.63) is 27.7 Å². The van der Waals surface area contributed by atoms with Crippen LogP contribution >= 0.6 is 23.2 Å². The van der Waals surface area contributed by atoms with Crippen molar-refractivity contribution in [1.82, 2.24) is 0 Å². The van der Waals surface area contributed by atoms with Crippen LogP contribution in [0.25, 0.3) is 0 Å². The Morgan fingerprint density at radius 2 is 1.58 bits per heavy atom. The predicted molar refractivity (Wildman–Crippen MR) is 81.2 cm³/mol. The van der Waals surface area contributed by atoms with Gasteiger partial charge in [-0.05, 0) is 30.3 Å². The quantitative estimate of drug-likeness (QED) is 0.744. The molecule has 19 heavy (non-hydrogen) atoms. The van der Waals surface area contributed by atoms with E-state index in [0.29, 0.717) is 5.75 Å². The molecule has 6 heteroatoms. The minimum atomic E-state index is -1.88. The highest BCUT2D eigenvalue weighted by Crippen LogP contribution is 2.38. The van der Waals surface area contributed by atoms with Gasteiger partial charge in [-0.1, -0.05) is 44.0 Å². The molecule has 0 amide bonds. The summed E-state index contributed by atoms with van der Waals surface area (Å²) >= 11 is 12.2. The van der Waals surface area contributed by atoms with Crippen LogP contribution in [0.4, 0.5) is 0 Å². The van der Waals surface area contributed by atoms with Crippen LogP contribution in [0, 0.1) is 0 Å². The highest BCUT2D eigenvalue weighted by Gasteiger charge is 2.32. The average molecular weight is 321 g/mol. The Labute approximate surface area is 124 Å². The molecule has 0 unspecified atom stereocenters. The van der Waals surface area contributed by atoms with Gasteiger partial charge in [-0.15, -0.1) is 0 Å². The lowest BCUT2D eigenvalue weighted by Crippen LogP contribution is -2.39. The first-order valence-corrected chi connectivity index (χ1v) is 9.59. The molecule has 0 heterocycles. The monoisotopic (exact) mass is 320 g/mol. The van der Waals surface area contributed by atoms with Crippen LogP contribution < -0.4 is 4.43 Å². The van der Waals surface area contributed by atoms with Gasteiger partial charge in [-0.25, -0.2) is 4.79 Å². The first-order valence-electron chi connectivity index (χ1n) is 6.30. The first-order chi connectivity index (χ1) is 8.89. The van der Waals surface area contributed by atoms with E-state index in [2.05, 4.69) is 20.8 Å². The molecule has 1 rings (SSSR count). The second kappa shape index (κ2) is 6.64. The van der Waals surface area contributed by atoms with Gasteiger partial charge in [-0.3, -0.25) is 0 Å². The Hall–Kier alpha value is -0.713. The second-order valence-corrected chi connectivity index (χ2v) is 9.93. The summed E-state index contributed by atoms with van der Waals surface area (Å²) < 4.78 is 6.13. The molecule has 0 spiro atoms. The Morgan fingerprint density at radius 1 is 1.16 bits per heavy atom. The summed E-state index contributed by atoms with van der Waals surface area (Å²) in [6.07, 6.45) is 0. The number of halogens is 2. The van der Waals surface area contributed by atoms with E-state index >= 15 is 0 Å². The summed E-state index contributed by atoms with van der Waals surface area (Å²) in [5.41, 5.74) is 0.0686. The highest BCUT2D eigenvalue weighted by molar-refractivity contribution is 6.74. The zero-order chi connectivity index (χ0) is 14.6. The summed E-state index contributed by atoms with van der Waals surface area (Å²) in [5.74, 6) is -0.633. The molecule has 0 aromatic heterocycles. The molecule has 3 nitrogen and oxygen atoms in total. The van der Waals surface area contributed by atoms with Crippen molar-refractivity contribution < 1.29 is 14.3 Å². The molecule has 106 valence electrons. The lowest BCUT2D eigenvalue weighted by atomic mass is 10.2. The summed E-state index contributed by atoms with van der Waals surface area (Å²) in [5, 5.41) is 9.47. The molecule has 1 aromatic carbocycles. The van der Waals surface area contributed by atoms with Gasteiger partial charge in [0.15, 0.2) is 0 Å². The molecule has 0 aliphatic heterocycles. The molecule has 1 N–H and O–H groups in total. The number of hydrogen-bond donors (Lipinski definition) is 1. The van der Waals surface area contributed by atoms with Gasteiger partial charge >= 0.3 is 5.97 Å². The number of carbonyl (C=O) groups is 1. The molecule has 0 fully saturated rings. The number of rotatable bonds is 6. The SMILES string of the molecule is CC[Si](CC)(CC)Oc1c(Cl)cc(C(=O)O)cc1Cl. The molecular formula is C13H18Cl2O3Si. The van der Waals surface area contributed by atoms with Crippen LogP contribution in [0.2, 0.25) is 28.2 Å². The van der Waals surface area contributed by atoms with E-state index in [9.17, 15) is 4.79 Å². The Balaban J connectivity index is 3.18. The lowest BCUT2D eigenvalue weighted by Gasteiger charge is -2.30. The van der Waals surface area contributed by atoms with E-state index in [1.807, 2.05) is 0 Å². The largest absolute Gasteiger partial charge is 0.542 e. The standard InChI is InChI=1S/C13H18Cl2O3Si/c1-4-19(5-2,6-3)18-12-10(14)7-9(13(16)17)8-11(12)15/h7-8H,4-6H2,1-3H3,(H,16,17). The van der Waals surface area contributed by atoms with Crippen molar-refractivity contribution in [1.29, 1.82) is 0 Å². The number of hydrogen-bond acceptors (Lipinski definition) is 2. The Bertz CT molecular complexity index is 442. The van der Waals surface area contributed by atoms with E-state index < -0.39 is 14.3 Å². The van der Waals surface area contributed by atoms with Gasteiger partial charge in [0, 0.05) is 0 Å². The second-order valence-electron chi connectivity index (χ2n) is 4.42. The zero-order valence-corrected chi connectivity index (χ0v) is 13.8. The van der Waals surface area contributed by atoms with E-state index in [4.69, 9.17) is 32.7 Å². The van der Waals surface area contributed by atoms with Gasteiger partial charge in [0.25, 0.3) is 8.32 Å². The molecule has 0 radical (unpaired) electrons. The average Bonchev–Trinajstić information content (AvgIpc) is 2.39. The molecule has 0 saturated heterocycles. The summed E-state index contributed by atoms with van der Waals surface area (Å²) in [7, 11) is -1.88. The molecule has 1 aromatic rings. The minimum absolute atomic E-state index is 0.0686. The van der Waals surface area contributed by atoms with Crippen molar-refractivity contribution in [3.63, 3.8) is 0 Å². The fraction of sp³-hybridized carbons (Fsp3) is 0.462. The Morgan fingerprint density at radius 3 is 1.89 bits per heavy atom. The smallest absolute Gasteiger partial charge is 0.335 e. The van der Waals surface area contributed by atoms with Gasteiger partial charge in [0.05, 0.1) is 15.6 Å². The summed E-state index contributed by atoms with van der Waals surface area (Å²) in [4.78, 5) is 10.9. The molecule has 0 aliphatic rings. The van der Waals surface area contributed by atoms with Gasteiger partial charge in [0.2, 0.25) is 0 Å². The third-order valence-electron chi connectivity index (χ3n) is 3.50. The maximum atomic E-state index is 10.9. The fourth-order valence-electron chi connectivity index (χ4n) is 1.96. The molecule has 0 saturated carbocycles. The normalized spacial score (nSPS) is 11.4. The van der Waals surface area contributed by atoms with Crippen LogP contribution in [0.1, 0.15) is 31.1 Å². The topological polar surface area (TPSA) is 46.5 Å². The van der Waals surface area contributed by atoms with E-state index in [0.717, 1.165) is 18.1 Å². The van der Waals surface area contributed by atoms with E-state index in [1.165, 1.54) is 12.1 Å². The third-order valence-corrected chi connectivity index (χ3v) is 8.56. The molecule has 0 aliphatic carbocycles. The van der Waals surface area contributed by atoms with Crippen LogP contribution in [-0.2, 0) is 0 Å².